The second-order valence-electron chi connectivity index (χ2n) is 8.12. The monoisotopic (exact) mass is 498 g/mol. The summed E-state index contributed by atoms with van der Waals surface area (Å²) in [5.74, 6) is 2.07. The summed E-state index contributed by atoms with van der Waals surface area (Å²) in [7, 11) is 1.71. The predicted octanol–water partition coefficient (Wildman–Crippen LogP) is 4.54. The fourth-order valence-corrected chi connectivity index (χ4v) is 4.67. The van der Waals surface area contributed by atoms with E-state index in [4.69, 9.17) is 14.6 Å². The van der Waals surface area contributed by atoms with E-state index < -0.39 is 0 Å². The summed E-state index contributed by atoms with van der Waals surface area (Å²) in [5, 5.41) is 6.98. The molecule has 0 N–H and O–H groups in total. The van der Waals surface area contributed by atoms with Crippen LogP contribution in [0.25, 0.3) is 0 Å². The first-order valence-electron chi connectivity index (χ1n) is 11.4. The smallest absolute Gasteiger partial charge is 0.496 e. The van der Waals surface area contributed by atoms with Crippen molar-refractivity contribution >= 4 is 11.7 Å². The molecule has 0 bridgehead atoms. The van der Waals surface area contributed by atoms with Crippen LogP contribution in [-0.2, 0) is 33.0 Å². The maximum absolute atomic E-state index is 12.0. The van der Waals surface area contributed by atoms with Crippen molar-refractivity contribution in [2.24, 2.45) is 11.0 Å². The molecule has 10 radical (unpaired) electrons. The van der Waals surface area contributed by atoms with E-state index in [0.717, 1.165) is 35.6 Å². The molecule has 0 amide bonds. The minimum atomic E-state index is -0.335. The van der Waals surface area contributed by atoms with E-state index in [0.29, 0.717) is 6.61 Å². The molecule has 3 aliphatic carbocycles. The summed E-state index contributed by atoms with van der Waals surface area (Å²) in [6.45, 7) is 4.09. The Morgan fingerprint density at radius 3 is 2.41 bits per heavy atom. The molecule has 1 heterocycles. The topological polar surface area (TPSA) is 51.1 Å². The van der Waals surface area contributed by atoms with Crippen LogP contribution < -0.4 is 4.74 Å². The van der Waals surface area contributed by atoms with Crippen molar-refractivity contribution in [3.8, 4) is 5.75 Å². The van der Waals surface area contributed by atoms with E-state index in [1.807, 2.05) is 63.1 Å². The van der Waals surface area contributed by atoms with E-state index in [-0.39, 0.29) is 35.0 Å². The minimum Gasteiger partial charge on any atom is -0.496 e. The van der Waals surface area contributed by atoms with Crippen LogP contribution in [0, 0.1) is 69.6 Å². The molecular formula is C28H30FeN2O3+2. The van der Waals surface area contributed by atoms with Crippen molar-refractivity contribution in [1.29, 1.82) is 0 Å². The van der Waals surface area contributed by atoms with Crippen LogP contribution in [0.5, 0.6) is 5.75 Å². The van der Waals surface area contributed by atoms with Crippen LogP contribution in [0.2, 0.25) is 0 Å². The summed E-state index contributed by atoms with van der Waals surface area (Å²) in [4.78, 5) is 12.0. The molecular weight excluding hydrogens is 468 g/mol. The molecule has 0 aromatic heterocycles. The van der Waals surface area contributed by atoms with Crippen molar-refractivity contribution in [2.75, 3.05) is 13.7 Å². The van der Waals surface area contributed by atoms with Gasteiger partial charge in [0.1, 0.15) is 5.75 Å². The maximum atomic E-state index is 12.0. The van der Waals surface area contributed by atoms with Crippen LogP contribution in [0.1, 0.15) is 31.4 Å². The SMILES string of the molecule is CCOC(=O)/C=C(/C)N1N=C2c3cccc(OC)c3CCC2C1[C]1[CH][CH][CH][CH]1.[CH]1[CH][CH][CH][CH]1.[Fe+2]. The first kappa shape index (κ1) is 26.8. The zero-order valence-corrected chi connectivity index (χ0v) is 20.9. The fraction of sp³-hybridized carbons (Fsp3) is 0.286. The molecule has 1 aromatic rings. The molecule has 1 aliphatic heterocycles. The zero-order chi connectivity index (χ0) is 23.2. The van der Waals surface area contributed by atoms with Gasteiger partial charge in [0.15, 0.2) is 0 Å². The number of nitrogens with zero attached hydrogens (tertiary/aromatic N) is 2. The van der Waals surface area contributed by atoms with Crippen LogP contribution in [0.3, 0.4) is 0 Å². The Bertz CT molecular complexity index is 880. The fourth-order valence-electron chi connectivity index (χ4n) is 4.67. The number of carbonyl (C=O) groups excluding carboxylic acids is 1. The van der Waals surface area contributed by atoms with Gasteiger partial charge < -0.3 is 9.47 Å². The van der Waals surface area contributed by atoms with Gasteiger partial charge in [0.2, 0.25) is 0 Å². The Morgan fingerprint density at radius 1 is 1.12 bits per heavy atom. The third-order valence-electron chi connectivity index (χ3n) is 6.11. The molecule has 0 saturated heterocycles. The Labute approximate surface area is 215 Å². The second kappa shape index (κ2) is 12.8. The normalized spacial score (nSPS) is 23.8. The van der Waals surface area contributed by atoms with Gasteiger partial charge in [-0.15, -0.1) is 0 Å². The van der Waals surface area contributed by atoms with Crippen LogP contribution in [0.4, 0.5) is 0 Å². The number of allylic oxidation sites excluding steroid dienone is 1. The number of carbonyl (C=O) groups is 1. The van der Waals surface area contributed by atoms with Gasteiger partial charge in [0.05, 0.1) is 25.5 Å². The average Bonchev–Trinajstić information content (AvgIpc) is 3.60. The van der Waals surface area contributed by atoms with Gasteiger partial charge >= 0.3 is 23.0 Å². The largest absolute Gasteiger partial charge is 2.00 e. The number of hydrogen-bond acceptors (Lipinski definition) is 5. The van der Waals surface area contributed by atoms with Gasteiger partial charge in [0, 0.05) is 34.7 Å². The first-order valence-corrected chi connectivity index (χ1v) is 11.4. The summed E-state index contributed by atoms with van der Waals surface area (Å²) < 4.78 is 10.7. The van der Waals surface area contributed by atoms with Crippen molar-refractivity contribution in [3.63, 3.8) is 0 Å². The number of benzene rings is 1. The van der Waals surface area contributed by atoms with Crippen molar-refractivity contribution < 1.29 is 31.3 Å². The molecule has 5 rings (SSSR count). The molecule has 0 spiro atoms. The molecule has 2 saturated carbocycles. The molecule has 5 nitrogen and oxygen atoms in total. The van der Waals surface area contributed by atoms with Gasteiger partial charge in [-0.1, -0.05) is 12.1 Å². The Morgan fingerprint density at radius 2 is 1.79 bits per heavy atom. The van der Waals surface area contributed by atoms with E-state index in [1.54, 1.807) is 7.11 Å². The Balaban J connectivity index is 0.000000481. The summed E-state index contributed by atoms with van der Waals surface area (Å²) >= 11 is 0. The molecule has 6 heteroatoms. The van der Waals surface area contributed by atoms with Crippen LogP contribution >= 0.6 is 0 Å². The number of methoxy groups -OCH3 is 1. The number of esters is 1. The van der Waals surface area contributed by atoms with E-state index in [2.05, 4.69) is 31.7 Å². The van der Waals surface area contributed by atoms with Crippen molar-refractivity contribution in [2.45, 2.75) is 32.7 Å². The maximum Gasteiger partial charge on any atom is 2.00 e. The van der Waals surface area contributed by atoms with Gasteiger partial charge in [-0.25, -0.2) is 4.79 Å². The first-order chi connectivity index (χ1) is 16.1. The molecule has 1 aromatic carbocycles. The summed E-state index contributed by atoms with van der Waals surface area (Å²) in [5.41, 5.74) is 4.23. The number of hydrazone groups is 1. The third kappa shape index (κ3) is 5.88. The number of hydrogen-bond donors (Lipinski definition) is 0. The molecule has 2 unspecified atom stereocenters. The van der Waals surface area contributed by atoms with Crippen LogP contribution in [-0.4, -0.2) is 36.4 Å². The predicted molar refractivity (Wildman–Crippen MR) is 129 cm³/mol. The summed E-state index contributed by atoms with van der Waals surface area (Å²) in [6, 6.07) is 6.23. The number of rotatable bonds is 5. The molecule has 4 aliphatic rings. The van der Waals surface area contributed by atoms with Crippen LogP contribution in [0.15, 0.2) is 35.1 Å². The van der Waals surface area contributed by atoms with E-state index >= 15 is 0 Å². The van der Waals surface area contributed by atoms with Gasteiger partial charge in [-0.2, -0.15) is 5.10 Å². The Hall–Kier alpha value is -1.78. The summed E-state index contributed by atoms with van der Waals surface area (Å²) in [6.07, 6.45) is 21.8. The Kier molecular flexibility index (Phi) is 10.1. The van der Waals surface area contributed by atoms with Gasteiger partial charge in [-0.3, -0.25) is 5.01 Å². The molecule has 2 fully saturated rings. The third-order valence-corrected chi connectivity index (χ3v) is 6.11. The van der Waals surface area contributed by atoms with Crippen molar-refractivity contribution in [3.05, 3.63) is 105 Å². The van der Waals surface area contributed by atoms with Gasteiger partial charge in [0.25, 0.3) is 0 Å². The second-order valence-corrected chi connectivity index (χ2v) is 8.12. The molecule has 176 valence electrons. The van der Waals surface area contributed by atoms with Gasteiger partial charge in [-0.05, 0) is 90.5 Å². The van der Waals surface area contributed by atoms with E-state index in [1.165, 1.54) is 17.6 Å². The minimum absolute atomic E-state index is 0. The van der Waals surface area contributed by atoms with E-state index in [9.17, 15) is 4.79 Å². The molecule has 2 atom stereocenters. The average molecular weight is 498 g/mol. The number of ether oxygens (including phenoxy) is 2. The molecule has 34 heavy (non-hydrogen) atoms. The number of fused-ring (bicyclic) bond motifs is 3. The quantitative estimate of drug-likeness (QED) is 0.340. The van der Waals surface area contributed by atoms with Crippen molar-refractivity contribution in [1.82, 2.24) is 5.01 Å². The zero-order valence-electron chi connectivity index (χ0n) is 19.8. The standard InChI is InChI=1S/C23H25N2O3.C5H5.Fe/c1-4-28-21(26)14-15(2)25-23(16-8-5-6-9-16)19-13-12-17-18(22(19)24-25)10-7-11-20(17)27-3;1-2-4-5-3-1;/h5-11,14,19,23H,4,12-13H2,1-3H3;1-5H;/q;;+2/b15-14-;;.